The van der Waals surface area contributed by atoms with Gasteiger partial charge in [0.2, 0.25) is 5.91 Å². The number of carbonyl (C=O) groups excluding carboxylic acids is 2. The number of rotatable bonds is 4. The monoisotopic (exact) mass is 334 g/mol. The van der Waals surface area contributed by atoms with Gasteiger partial charge in [-0.05, 0) is 31.7 Å². The number of methoxy groups -OCH3 is 1. The maximum atomic E-state index is 12.8. The Morgan fingerprint density at radius 1 is 1.29 bits per heavy atom. The number of hydrogen-bond acceptors (Lipinski definition) is 4. The van der Waals surface area contributed by atoms with E-state index in [1.165, 1.54) is 0 Å². The third-order valence-corrected chi connectivity index (χ3v) is 5.33. The second kappa shape index (κ2) is 6.93. The second-order valence-electron chi connectivity index (χ2n) is 6.84. The molecule has 2 aliphatic heterocycles. The average molecular weight is 334 g/mol. The lowest BCUT2D eigenvalue weighted by Gasteiger charge is -2.26. The molecular weight excluding hydrogens is 308 g/mol. The van der Waals surface area contributed by atoms with Crippen LogP contribution in [0.25, 0.3) is 0 Å². The number of aryl methyl sites for hydroxylation is 1. The molecule has 1 spiro atoms. The highest BCUT2D eigenvalue weighted by Crippen LogP contribution is 2.41. The number of hydrogen-bond donors (Lipinski definition) is 0. The first-order valence-corrected chi connectivity index (χ1v) is 8.63. The smallest absolute Gasteiger partial charge is 0.274 e. The van der Waals surface area contributed by atoms with Crippen LogP contribution in [0.15, 0.2) is 12.3 Å². The number of carbonyl (C=O) groups is 2. The fraction of sp³-hybridized carbons (Fsp3) is 0.706. The molecule has 0 bridgehead atoms. The van der Waals surface area contributed by atoms with E-state index in [0.29, 0.717) is 31.9 Å². The molecule has 2 aliphatic rings. The Bertz CT molecular complexity index is 615. The lowest BCUT2D eigenvalue weighted by atomic mass is 9.79. The van der Waals surface area contributed by atoms with Crippen molar-refractivity contribution in [3.8, 4) is 0 Å². The molecule has 0 N–H and O–H groups in total. The van der Waals surface area contributed by atoms with Crippen LogP contribution in [0.1, 0.15) is 36.2 Å². The molecule has 0 saturated carbocycles. The highest BCUT2D eigenvalue weighted by atomic mass is 16.5. The first-order chi connectivity index (χ1) is 11.6. The molecule has 132 valence electrons. The normalized spacial score (nSPS) is 24.7. The molecule has 0 radical (unpaired) electrons. The van der Waals surface area contributed by atoms with E-state index < -0.39 is 0 Å². The lowest BCUT2D eigenvalue weighted by Crippen LogP contribution is -2.37. The maximum absolute atomic E-state index is 12.8. The van der Waals surface area contributed by atoms with E-state index in [1.807, 2.05) is 9.80 Å². The Hall–Kier alpha value is -1.89. The lowest BCUT2D eigenvalue weighted by molar-refractivity contribution is -0.137. The molecule has 3 rings (SSSR count). The summed E-state index contributed by atoms with van der Waals surface area (Å²) in [7, 11) is 3.46. The molecule has 3 heterocycles. The molecule has 7 heteroatoms. The van der Waals surface area contributed by atoms with E-state index in [2.05, 4.69) is 5.10 Å². The third kappa shape index (κ3) is 3.17. The van der Waals surface area contributed by atoms with Gasteiger partial charge in [-0.15, -0.1) is 0 Å². The van der Waals surface area contributed by atoms with E-state index in [9.17, 15) is 9.59 Å². The Labute approximate surface area is 142 Å². The summed E-state index contributed by atoms with van der Waals surface area (Å²) in [4.78, 5) is 29.2. The largest absolute Gasteiger partial charge is 0.383 e. The van der Waals surface area contributed by atoms with Crippen molar-refractivity contribution in [1.82, 2.24) is 19.6 Å². The van der Waals surface area contributed by atoms with Gasteiger partial charge in [0.25, 0.3) is 5.91 Å². The Kier molecular flexibility index (Phi) is 4.89. The van der Waals surface area contributed by atoms with Crippen molar-refractivity contribution in [2.45, 2.75) is 25.7 Å². The molecule has 2 amide bonds. The zero-order valence-electron chi connectivity index (χ0n) is 14.5. The van der Waals surface area contributed by atoms with Crippen LogP contribution in [-0.4, -0.2) is 71.3 Å². The summed E-state index contributed by atoms with van der Waals surface area (Å²) >= 11 is 0. The molecule has 1 atom stereocenters. The fourth-order valence-electron chi connectivity index (χ4n) is 3.86. The van der Waals surface area contributed by atoms with Crippen LogP contribution in [0.2, 0.25) is 0 Å². The SMILES string of the molecule is COCCN1CC[C@@]2(CCCN(C(=O)c3ccn(C)n3)CC2)C1=O. The molecule has 0 unspecified atom stereocenters. The average Bonchev–Trinajstić information content (AvgIpc) is 3.05. The van der Waals surface area contributed by atoms with Gasteiger partial charge in [-0.2, -0.15) is 5.10 Å². The number of ether oxygens (including phenoxy) is 1. The van der Waals surface area contributed by atoms with Crippen molar-refractivity contribution in [2.24, 2.45) is 12.5 Å². The van der Waals surface area contributed by atoms with E-state index in [0.717, 1.165) is 32.2 Å². The standard InChI is InChI=1S/C17H26N4O3/c1-19-9-4-14(18-19)15(22)20-8-3-5-17(6-10-20)7-11-21(16(17)23)12-13-24-2/h4,9H,3,5-8,10-13H2,1-2H3/t17-/m0/s1. The molecule has 2 fully saturated rings. The van der Waals surface area contributed by atoms with Crippen LogP contribution in [0, 0.1) is 5.41 Å². The zero-order valence-corrected chi connectivity index (χ0v) is 14.5. The Balaban J connectivity index is 1.65. The maximum Gasteiger partial charge on any atom is 0.274 e. The van der Waals surface area contributed by atoms with Crippen LogP contribution in [-0.2, 0) is 16.6 Å². The van der Waals surface area contributed by atoms with Crippen LogP contribution >= 0.6 is 0 Å². The number of aromatic nitrogens is 2. The summed E-state index contributed by atoms with van der Waals surface area (Å²) in [5.41, 5.74) is 0.195. The van der Waals surface area contributed by atoms with Crippen LogP contribution in [0.4, 0.5) is 0 Å². The van der Waals surface area contributed by atoms with E-state index in [-0.39, 0.29) is 17.2 Å². The topological polar surface area (TPSA) is 67.7 Å². The van der Waals surface area contributed by atoms with E-state index in [1.54, 1.807) is 31.1 Å². The summed E-state index contributed by atoms with van der Waals surface area (Å²) in [6, 6.07) is 1.75. The molecule has 7 nitrogen and oxygen atoms in total. The summed E-state index contributed by atoms with van der Waals surface area (Å²) in [5.74, 6) is 0.209. The van der Waals surface area contributed by atoms with Crippen molar-refractivity contribution in [3.63, 3.8) is 0 Å². The second-order valence-corrected chi connectivity index (χ2v) is 6.84. The number of amides is 2. The molecule has 1 aromatic heterocycles. The predicted molar refractivity (Wildman–Crippen MR) is 88.5 cm³/mol. The summed E-state index contributed by atoms with van der Waals surface area (Å²) < 4.78 is 6.74. The van der Waals surface area contributed by atoms with Crippen LogP contribution in [0.3, 0.4) is 0 Å². The first-order valence-electron chi connectivity index (χ1n) is 8.63. The van der Waals surface area contributed by atoms with Gasteiger partial charge in [-0.1, -0.05) is 0 Å². The van der Waals surface area contributed by atoms with Gasteiger partial charge < -0.3 is 14.5 Å². The number of nitrogens with zero attached hydrogens (tertiary/aromatic N) is 4. The molecule has 0 aromatic carbocycles. The minimum Gasteiger partial charge on any atom is -0.383 e. The summed E-state index contributed by atoms with van der Waals surface area (Å²) in [6.07, 6.45) is 5.14. The Morgan fingerprint density at radius 3 is 2.79 bits per heavy atom. The van der Waals surface area contributed by atoms with Gasteiger partial charge in [-0.25, -0.2) is 0 Å². The molecule has 1 aromatic rings. The minimum absolute atomic E-state index is 0.0330. The third-order valence-electron chi connectivity index (χ3n) is 5.33. The van der Waals surface area contributed by atoms with Gasteiger partial charge in [0.05, 0.1) is 12.0 Å². The van der Waals surface area contributed by atoms with Gasteiger partial charge in [-0.3, -0.25) is 14.3 Å². The highest BCUT2D eigenvalue weighted by Gasteiger charge is 2.47. The van der Waals surface area contributed by atoms with Gasteiger partial charge in [0, 0.05) is 46.5 Å². The summed E-state index contributed by atoms with van der Waals surface area (Å²) in [5, 5.41) is 4.20. The van der Waals surface area contributed by atoms with Crippen molar-refractivity contribution in [3.05, 3.63) is 18.0 Å². The van der Waals surface area contributed by atoms with E-state index >= 15 is 0 Å². The fourth-order valence-corrected chi connectivity index (χ4v) is 3.86. The van der Waals surface area contributed by atoms with Crippen molar-refractivity contribution < 1.29 is 14.3 Å². The quantitative estimate of drug-likeness (QED) is 0.821. The highest BCUT2D eigenvalue weighted by molar-refractivity contribution is 5.92. The molecule has 2 saturated heterocycles. The molecule has 0 aliphatic carbocycles. The van der Waals surface area contributed by atoms with Crippen LogP contribution in [0.5, 0.6) is 0 Å². The Morgan fingerprint density at radius 2 is 2.08 bits per heavy atom. The van der Waals surface area contributed by atoms with Crippen molar-refractivity contribution in [1.29, 1.82) is 0 Å². The van der Waals surface area contributed by atoms with Crippen LogP contribution < -0.4 is 0 Å². The van der Waals surface area contributed by atoms with Gasteiger partial charge >= 0.3 is 0 Å². The van der Waals surface area contributed by atoms with Crippen molar-refractivity contribution >= 4 is 11.8 Å². The zero-order chi connectivity index (χ0) is 17.2. The molecular formula is C17H26N4O3. The summed E-state index contributed by atoms with van der Waals surface area (Å²) in [6.45, 7) is 3.36. The minimum atomic E-state index is -0.285. The first kappa shape index (κ1) is 17.0. The predicted octanol–water partition coefficient (Wildman–Crippen LogP) is 0.911. The van der Waals surface area contributed by atoms with Gasteiger partial charge in [0.1, 0.15) is 5.69 Å². The van der Waals surface area contributed by atoms with Crippen molar-refractivity contribution in [2.75, 3.05) is 39.9 Å². The number of likely N-dealkylation sites (tertiary alicyclic amines) is 2. The van der Waals surface area contributed by atoms with E-state index in [4.69, 9.17) is 4.74 Å². The van der Waals surface area contributed by atoms with Gasteiger partial charge in [0.15, 0.2) is 0 Å². The molecule has 24 heavy (non-hydrogen) atoms.